The van der Waals surface area contributed by atoms with Crippen molar-refractivity contribution in [3.8, 4) is 0 Å². The van der Waals surface area contributed by atoms with Crippen molar-refractivity contribution in [3.05, 3.63) is 12.2 Å². The third-order valence-corrected chi connectivity index (χ3v) is 14.8. The summed E-state index contributed by atoms with van der Waals surface area (Å²) >= 11 is 0. The van der Waals surface area contributed by atoms with Crippen LogP contribution in [-0.2, 0) is 28.6 Å². The predicted octanol–water partition coefficient (Wildman–Crippen LogP) is 21.7. The van der Waals surface area contributed by atoms with Crippen LogP contribution in [0.3, 0.4) is 0 Å². The monoisotopic (exact) mass is 1000 g/mol. The zero-order valence-electron chi connectivity index (χ0n) is 48.3. The molecule has 0 aromatic heterocycles. The van der Waals surface area contributed by atoms with Crippen molar-refractivity contribution < 1.29 is 28.6 Å². The van der Waals surface area contributed by atoms with E-state index in [1.54, 1.807) is 0 Å². The Morgan fingerprint density at radius 2 is 0.465 bits per heavy atom. The summed E-state index contributed by atoms with van der Waals surface area (Å²) < 4.78 is 16.9. The molecule has 1 atom stereocenters. The minimum atomic E-state index is -0.762. The van der Waals surface area contributed by atoms with Gasteiger partial charge in [-0.15, -0.1) is 0 Å². The molecule has 0 aromatic carbocycles. The lowest BCUT2D eigenvalue weighted by Crippen LogP contribution is -2.30. The zero-order chi connectivity index (χ0) is 51.4. The SMILES string of the molecule is CCCCCCCCCC/C=C\CCCCCCCCCCCCCCCCCCCCCC(=O)OCC(COC(=O)CCCCCCCCCCC)OC(=O)CCCCCCCCCCCCCCC. The van der Waals surface area contributed by atoms with Gasteiger partial charge in [-0.3, -0.25) is 14.4 Å². The highest BCUT2D eigenvalue weighted by Crippen LogP contribution is 2.18. The van der Waals surface area contributed by atoms with Crippen molar-refractivity contribution in [1.29, 1.82) is 0 Å². The van der Waals surface area contributed by atoms with E-state index in [1.165, 1.54) is 270 Å². The van der Waals surface area contributed by atoms with E-state index in [2.05, 4.69) is 32.9 Å². The maximum absolute atomic E-state index is 12.8. The third-order valence-electron chi connectivity index (χ3n) is 14.8. The van der Waals surface area contributed by atoms with Crippen LogP contribution in [0.5, 0.6) is 0 Å². The van der Waals surface area contributed by atoms with Crippen molar-refractivity contribution in [2.24, 2.45) is 0 Å². The molecule has 0 aromatic rings. The van der Waals surface area contributed by atoms with Crippen molar-refractivity contribution >= 4 is 17.9 Å². The zero-order valence-corrected chi connectivity index (χ0v) is 48.3. The first-order valence-corrected chi connectivity index (χ1v) is 32.2. The molecule has 0 radical (unpaired) electrons. The second-order valence-corrected chi connectivity index (χ2v) is 22.0. The maximum atomic E-state index is 12.8. The second-order valence-electron chi connectivity index (χ2n) is 22.0. The molecule has 0 fully saturated rings. The maximum Gasteiger partial charge on any atom is 0.306 e. The number of carbonyl (C=O) groups is 3. The average molecular weight is 1000 g/mol. The molecular weight excluding hydrogens is 877 g/mol. The summed E-state index contributed by atoms with van der Waals surface area (Å²) in [5.74, 6) is -0.840. The van der Waals surface area contributed by atoms with E-state index in [-0.39, 0.29) is 31.1 Å². The average Bonchev–Trinajstić information content (AvgIpc) is 3.37. The molecule has 0 bridgehead atoms. The highest BCUT2D eigenvalue weighted by Gasteiger charge is 2.19. The van der Waals surface area contributed by atoms with Crippen molar-refractivity contribution in [1.82, 2.24) is 0 Å². The first-order valence-electron chi connectivity index (χ1n) is 32.2. The Labute approximate surface area is 443 Å². The highest BCUT2D eigenvalue weighted by atomic mass is 16.6. The molecule has 6 heteroatoms. The quantitative estimate of drug-likeness (QED) is 0.0261. The van der Waals surface area contributed by atoms with E-state index in [4.69, 9.17) is 14.2 Å². The summed E-state index contributed by atoms with van der Waals surface area (Å²) in [5.41, 5.74) is 0. The van der Waals surface area contributed by atoms with Gasteiger partial charge in [0.1, 0.15) is 13.2 Å². The molecule has 1 unspecified atom stereocenters. The topological polar surface area (TPSA) is 78.9 Å². The van der Waals surface area contributed by atoms with Gasteiger partial charge < -0.3 is 14.2 Å². The van der Waals surface area contributed by atoms with Crippen LogP contribution in [0.15, 0.2) is 12.2 Å². The number of hydrogen-bond acceptors (Lipinski definition) is 6. The van der Waals surface area contributed by atoms with Crippen LogP contribution in [0, 0.1) is 0 Å². The standard InChI is InChI=1S/C65H124O6/c1-4-7-10-13-16-19-21-23-24-25-26-27-28-29-30-31-32-33-34-35-36-37-38-39-40-42-43-46-49-52-55-58-64(67)70-61-62(60-69-63(66)57-54-51-48-45-18-15-12-9-6-3)71-65(68)59-56-53-50-47-44-41-22-20-17-14-11-8-5-2/h25-26,62H,4-24,27-61H2,1-3H3/b26-25-. The van der Waals surface area contributed by atoms with E-state index in [1.807, 2.05) is 0 Å². The van der Waals surface area contributed by atoms with Crippen molar-refractivity contribution in [2.45, 2.75) is 374 Å². The molecule has 0 aliphatic carbocycles. The Hall–Kier alpha value is -1.85. The van der Waals surface area contributed by atoms with Gasteiger partial charge in [-0.2, -0.15) is 0 Å². The molecule has 0 aliphatic heterocycles. The molecule has 0 amide bonds. The first-order chi connectivity index (χ1) is 35.0. The minimum Gasteiger partial charge on any atom is -0.462 e. The largest absolute Gasteiger partial charge is 0.462 e. The fourth-order valence-corrected chi connectivity index (χ4v) is 9.91. The van der Waals surface area contributed by atoms with E-state index in [9.17, 15) is 14.4 Å². The second kappa shape index (κ2) is 60.7. The highest BCUT2D eigenvalue weighted by molar-refractivity contribution is 5.71. The van der Waals surface area contributed by atoms with Gasteiger partial charge >= 0.3 is 17.9 Å². The van der Waals surface area contributed by atoms with Crippen LogP contribution >= 0.6 is 0 Å². The van der Waals surface area contributed by atoms with Gasteiger partial charge in [0, 0.05) is 19.3 Å². The summed E-state index contributed by atoms with van der Waals surface area (Å²) in [6.45, 7) is 6.68. The molecule has 71 heavy (non-hydrogen) atoms. The summed E-state index contributed by atoms with van der Waals surface area (Å²) in [6.07, 6.45) is 71.1. The van der Waals surface area contributed by atoms with E-state index >= 15 is 0 Å². The summed E-state index contributed by atoms with van der Waals surface area (Å²) in [5, 5.41) is 0. The van der Waals surface area contributed by atoms with Gasteiger partial charge in [-0.1, -0.05) is 315 Å². The number of hydrogen-bond donors (Lipinski definition) is 0. The summed E-state index contributed by atoms with van der Waals surface area (Å²) in [4.78, 5) is 38.1. The smallest absolute Gasteiger partial charge is 0.306 e. The summed E-state index contributed by atoms with van der Waals surface area (Å²) in [7, 11) is 0. The van der Waals surface area contributed by atoms with Gasteiger partial charge in [0.2, 0.25) is 0 Å². The van der Waals surface area contributed by atoms with Gasteiger partial charge in [-0.05, 0) is 44.9 Å². The molecule has 0 saturated heterocycles. The van der Waals surface area contributed by atoms with Gasteiger partial charge in [0.25, 0.3) is 0 Å². The van der Waals surface area contributed by atoms with Crippen LogP contribution in [0.4, 0.5) is 0 Å². The third kappa shape index (κ3) is 58.9. The molecule has 0 N–H and O–H groups in total. The number of unbranched alkanes of at least 4 members (excludes halogenated alkanes) is 47. The number of esters is 3. The van der Waals surface area contributed by atoms with Gasteiger partial charge in [0.05, 0.1) is 0 Å². The van der Waals surface area contributed by atoms with Crippen LogP contribution < -0.4 is 0 Å². The molecule has 420 valence electrons. The lowest BCUT2D eigenvalue weighted by atomic mass is 10.0. The van der Waals surface area contributed by atoms with Crippen molar-refractivity contribution in [2.75, 3.05) is 13.2 Å². The Morgan fingerprint density at radius 3 is 0.704 bits per heavy atom. The number of carbonyl (C=O) groups excluding carboxylic acids is 3. The molecule has 6 nitrogen and oxygen atoms in total. The van der Waals surface area contributed by atoms with Crippen LogP contribution in [0.25, 0.3) is 0 Å². The van der Waals surface area contributed by atoms with E-state index in [0.717, 1.165) is 57.8 Å². The fraction of sp³-hybridized carbons (Fsp3) is 0.923. The predicted molar refractivity (Wildman–Crippen MR) is 307 cm³/mol. The molecule has 0 aliphatic rings. The lowest BCUT2D eigenvalue weighted by Gasteiger charge is -2.18. The number of allylic oxidation sites excluding steroid dienone is 2. The molecule has 0 heterocycles. The first kappa shape index (κ1) is 69.2. The van der Waals surface area contributed by atoms with Crippen LogP contribution in [-0.4, -0.2) is 37.2 Å². The van der Waals surface area contributed by atoms with Gasteiger partial charge in [0.15, 0.2) is 6.10 Å². The summed E-state index contributed by atoms with van der Waals surface area (Å²) in [6, 6.07) is 0. The van der Waals surface area contributed by atoms with E-state index in [0.29, 0.717) is 19.3 Å². The molecule has 0 rings (SSSR count). The Bertz CT molecular complexity index is 1100. The fourth-order valence-electron chi connectivity index (χ4n) is 9.91. The molecular formula is C65H124O6. The van der Waals surface area contributed by atoms with Crippen LogP contribution in [0.2, 0.25) is 0 Å². The lowest BCUT2D eigenvalue weighted by molar-refractivity contribution is -0.167. The Balaban J connectivity index is 3.99. The minimum absolute atomic E-state index is 0.0629. The molecule has 0 saturated carbocycles. The normalized spacial score (nSPS) is 12.0. The number of rotatable bonds is 60. The Morgan fingerprint density at radius 1 is 0.268 bits per heavy atom. The van der Waals surface area contributed by atoms with Crippen molar-refractivity contribution in [3.63, 3.8) is 0 Å². The Kier molecular flexibility index (Phi) is 59.1. The van der Waals surface area contributed by atoms with Crippen LogP contribution in [0.1, 0.15) is 367 Å². The molecule has 0 spiro atoms. The number of ether oxygens (including phenoxy) is 3. The van der Waals surface area contributed by atoms with Gasteiger partial charge in [-0.25, -0.2) is 0 Å². The van der Waals surface area contributed by atoms with E-state index < -0.39 is 6.10 Å².